The number of benzene rings is 1. The third-order valence-electron chi connectivity index (χ3n) is 2.71. The number of rotatable bonds is 2. The number of fused-ring (bicyclic) bond motifs is 1. The molecule has 1 aromatic carbocycles. The second-order valence-electron chi connectivity index (χ2n) is 4.04. The number of aryl methyl sites for hydroxylation is 1. The van der Waals surface area contributed by atoms with Gasteiger partial charge in [0, 0.05) is 11.3 Å². The van der Waals surface area contributed by atoms with E-state index < -0.39 is 0 Å². The fraction of sp³-hybridized carbons (Fsp3) is 0.231. The van der Waals surface area contributed by atoms with Gasteiger partial charge in [-0.15, -0.1) is 0 Å². The van der Waals surface area contributed by atoms with E-state index in [1.807, 2.05) is 31.2 Å². The maximum atomic E-state index is 5.37. The largest absolute Gasteiger partial charge is 0.454 e. The minimum atomic E-state index is 0.281. The maximum absolute atomic E-state index is 5.37. The third-order valence-corrected chi connectivity index (χ3v) is 2.99. The van der Waals surface area contributed by atoms with Gasteiger partial charge in [0.1, 0.15) is 5.82 Å². The molecular formula is C13H12N2O2S. The van der Waals surface area contributed by atoms with Crippen molar-refractivity contribution in [1.29, 1.82) is 0 Å². The normalized spacial score (nSPS) is 12.8. The number of hydrogen-bond acceptors (Lipinski definition) is 5. The van der Waals surface area contributed by atoms with Crippen molar-refractivity contribution in [2.75, 3.05) is 6.79 Å². The van der Waals surface area contributed by atoms with Gasteiger partial charge in [-0.25, -0.2) is 9.97 Å². The van der Waals surface area contributed by atoms with Gasteiger partial charge in [-0.1, -0.05) is 0 Å². The van der Waals surface area contributed by atoms with Crippen LogP contribution in [0.15, 0.2) is 24.3 Å². The van der Waals surface area contributed by atoms with Crippen molar-refractivity contribution in [3.8, 4) is 22.8 Å². The van der Waals surface area contributed by atoms with Gasteiger partial charge in [0.2, 0.25) is 6.79 Å². The van der Waals surface area contributed by atoms with Gasteiger partial charge < -0.3 is 9.47 Å². The van der Waals surface area contributed by atoms with Gasteiger partial charge in [-0.05, 0) is 31.2 Å². The zero-order chi connectivity index (χ0) is 12.5. The lowest BCUT2D eigenvalue weighted by Gasteiger charge is -2.05. The van der Waals surface area contributed by atoms with E-state index in [4.69, 9.17) is 9.47 Å². The van der Waals surface area contributed by atoms with Gasteiger partial charge in [-0.3, -0.25) is 0 Å². The van der Waals surface area contributed by atoms with E-state index in [2.05, 4.69) is 22.6 Å². The van der Waals surface area contributed by atoms with E-state index in [9.17, 15) is 0 Å². The number of ether oxygens (including phenoxy) is 2. The first-order valence-electron chi connectivity index (χ1n) is 5.62. The Morgan fingerprint density at radius 2 is 2.00 bits per heavy atom. The molecule has 0 atom stereocenters. The van der Waals surface area contributed by atoms with Crippen LogP contribution in [0.1, 0.15) is 11.5 Å². The topological polar surface area (TPSA) is 44.2 Å². The second kappa shape index (κ2) is 4.49. The molecule has 92 valence electrons. The molecule has 0 bridgehead atoms. The van der Waals surface area contributed by atoms with Crippen molar-refractivity contribution in [2.45, 2.75) is 12.7 Å². The van der Waals surface area contributed by atoms with Crippen molar-refractivity contribution in [3.05, 3.63) is 35.8 Å². The highest BCUT2D eigenvalue weighted by molar-refractivity contribution is 7.79. The molecule has 0 saturated carbocycles. The Morgan fingerprint density at radius 1 is 1.17 bits per heavy atom. The van der Waals surface area contributed by atoms with Crippen LogP contribution in [-0.2, 0) is 5.75 Å². The molecule has 0 saturated heterocycles. The van der Waals surface area contributed by atoms with Crippen molar-refractivity contribution in [3.63, 3.8) is 0 Å². The molecule has 0 aliphatic carbocycles. The fourth-order valence-electron chi connectivity index (χ4n) is 1.90. The lowest BCUT2D eigenvalue weighted by Crippen LogP contribution is -1.96. The lowest BCUT2D eigenvalue weighted by molar-refractivity contribution is 0.174. The van der Waals surface area contributed by atoms with Crippen molar-refractivity contribution in [2.24, 2.45) is 0 Å². The van der Waals surface area contributed by atoms with E-state index in [1.165, 1.54) is 0 Å². The van der Waals surface area contributed by atoms with Crippen LogP contribution in [-0.4, -0.2) is 16.8 Å². The van der Waals surface area contributed by atoms with E-state index in [0.717, 1.165) is 34.3 Å². The standard InChI is InChI=1S/C13H12N2O2S/c1-8-4-10(15-13(6-18)14-8)9-2-3-11-12(5-9)17-7-16-11/h2-5,18H,6-7H2,1H3. The Hall–Kier alpha value is -1.75. The molecular weight excluding hydrogens is 248 g/mol. The van der Waals surface area contributed by atoms with Crippen LogP contribution in [0.2, 0.25) is 0 Å². The number of nitrogens with zero attached hydrogens (tertiary/aromatic N) is 2. The molecule has 2 aromatic rings. The molecule has 1 aliphatic rings. The first-order valence-corrected chi connectivity index (χ1v) is 6.25. The van der Waals surface area contributed by atoms with Crippen LogP contribution in [0.4, 0.5) is 0 Å². The Labute approximate surface area is 110 Å². The first kappa shape index (κ1) is 11.3. The average Bonchev–Trinajstić information content (AvgIpc) is 2.85. The molecule has 0 radical (unpaired) electrons. The molecule has 18 heavy (non-hydrogen) atoms. The highest BCUT2D eigenvalue weighted by Gasteiger charge is 2.14. The smallest absolute Gasteiger partial charge is 0.231 e. The van der Waals surface area contributed by atoms with E-state index >= 15 is 0 Å². The quantitative estimate of drug-likeness (QED) is 0.843. The molecule has 0 spiro atoms. The lowest BCUT2D eigenvalue weighted by atomic mass is 10.1. The van der Waals surface area contributed by atoms with Gasteiger partial charge in [0.15, 0.2) is 11.5 Å². The average molecular weight is 260 g/mol. The van der Waals surface area contributed by atoms with Gasteiger partial charge in [0.05, 0.1) is 11.4 Å². The minimum absolute atomic E-state index is 0.281. The van der Waals surface area contributed by atoms with Crippen molar-refractivity contribution in [1.82, 2.24) is 9.97 Å². The number of hydrogen-bond donors (Lipinski definition) is 1. The van der Waals surface area contributed by atoms with Crippen molar-refractivity contribution < 1.29 is 9.47 Å². The predicted molar refractivity (Wildman–Crippen MR) is 71.0 cm³/mol. The zero-order valence-corrected chi connectivity index (χ0v) is 10.8. The van der Waals surface area contributed by atoms with Crippen LogP contribution < -0.4 is 9.47 Å². The molecule has 0 fully saturated rings. The second-order valence-corrected chi connectivity index (χ2v) is 4.35. The summed E-state index contributed by atoms with van der Waals surface area (Å²) in [5.41, 5.74) is 2.80. The SMILES string of the molecule is Cc1cc(-c2ccc3c(c2)OCO3)nc(CS)n1. The monoisotopic (exact) mass is 260 g/mol. The highest BCUT2D eigenvalue weighted by atomic mass is 32.1. The van der Waals surface area contributed by atoms with Gasteiger partial charge in [-0.2, -0.15) is 12.6 Å². The Morgan fingerprint density at radius 3 is 2.83 bits per heavy atom. The molecule has 5 heteroatoms. The Balaban J connectivity index is 2.06. The van der Waals surface area contributed by atoms with Crippen LogP contribution >= 0.6 is 12.6 Å². The summed E-state index contributed by atoms with van der Waals surface area (Å²) >= 11 is 4.21. The molecule has 1 aromatic heterocycles. The fourth-order valence-corrected chi connectivity index (χ4v) is 2.05. The summed E-state index contributed by atoms with van der Waals surface area (Å²) in [5.74, 6) is 2.79. The summed E-state index contributed by atoms with van der Waals surface area (Å²) in [6, 6.07) is 7.75. The third kappa shape index (κ3) is 2.01. The van der Waals surface area contributed by atoms with Gasteiger partial charge >= 0.3 is 0 Å². The minimum Gasteiger partial charge on any atom is -0.454 e. The summed E-state index contributed by atoms with van der Waals surface area (Å²) < 4.78 is 10.7. The first-order chi connectivity index (χ1) is 8.76. The summed E-state index contributed by atoms with van der Waals surface area (Å²) in [6.45, 7) is 2.23. The summed E-state index contributed by atoms with van der Waals surface area (Å²) in [6.07, 6.45) is 0. The van der Waals surface area contributed by atoms with Crippen LogP contribution in [0.3, 0.4) is 0 Å². The van der Waals surface area contributed by atoms with E-state index in [0.29, 0.717) is 5.75 Å². The summed E-state index contributed by atoms with van der Waals surface area (Å²) in [5, 5.41) is 0. The zero-order valence-electron chi connectivity index (χ0n) is 9.88. The molecule has 1 aliphatic heterocycles. The van der Waals surface area contributed by atoms with E-state index in [1.54, 1.807) is 0 Å². The van der Waals surface area contributed by atoms with E-state index in [-0.39, 0.29) is 6.79 Å². The Kier molecular flexibility index (Phi) is 2.83. The molecule has 0 amide bonds. The van der Waals surface area contributed by atoms with Gasteiger partial charge in [0.25, 0.3) is 0 Å². The Bertz CT molecular complexity index is 602. The number of aromatic nitrogens is 2. The number of thiol groups is 1. The maximum Gasteiger partial charge on any atom is 0.231 e. The van der Waals surface area contributed by atoms with Crippen LogP contribution in [0.25, 0.3) is 11.3 Å². The van der Waals surface area contributed by atoms with Crippen molar-refractivity contribution >= 4 is 12.6 Å². The molecule has 0 unspecified atom stereocenters. The molecule has 4 nitrogen and oxygen atoms in total. The summed E-state index contributed by atoms with van der Waals surface area (Å²) in [4.78, 5) is 8.77. The van der Waals surface area contributed by atoms with Crippen LogP contribution in [0.5, 0.6) is 11.5 Å². The molecule has 0 N–H and O–H groups in total. The van der Waals surface area contributed by atoms with Crippen LogP contribution in [0, 0.1) is 6.92 Å². The predicted octanol–water partition coefficient (Wildman–Crippen LogP) is 2.61. The highest BCUT2D eigenvalue weighted by Crippen LogP contribution is 2.35. The molecule has 3 rings (SSSR count). The summed E-state index contributed by atoms with van der Waals surface area (Å²) in [7, 11) is 0. The molecule has 2 heterocycles.